The summed E-state index contributed by atoms with van der Waals surface area (Å²) in [5.41, 5.74) is 2.42. The Kier molecular flexibility index (Phi) is 8.14. The molecule has 30 heavy (non-hydrogen) atoms. The van der Waals surface area contributed by atoms with Crippen LogP contribution in [0.15, 0.2) is 84.9 Å². The van der Waals surface area contributed by atoms with E-state index in [-0.39, 0.29) is 24.6 Å². The molecule has 1 heterocycles. The predicted molar refractivity (Wildman–Crippen MR) is 122 cm³/mol. The highest BCUT2D eigenvalue weighted by Crippen LogP contribution is 2.34. The molecule has 0 radical (unpaired) electrons. The minimum Gasteiger partial charge on any atom is -0.493 e. The summed E-state index contributed by atoms with van der Waals surface area (Å²) in [5, 5.41) is 0. The average molecular weight is 426 g/mol. The second-order valence-electron chi connectivity index (χ2n) is 7.23. The molecule has 2 atom stereocenters. The Hall–Kier alpha value is -2.53. The summed E-state index contributed by atoms with van der Waals surface area (Å²) in [7, 11) is 1.67. The summed E-state index contributed by atoms with van der Waals surface area (Å²) in [6.45, 7) is 3.33. The molecule has 0 amide bonds. The molecular formula is C25H28ClNO3. The van der Waals surface area contributed by atoms with Crippen LogP contribution in [0.4, 0.5) is 0 Å². The van der Waals surface area contributed by atoms with Crippen molar-refractivity contribution >= 4 is 12.4 Å². The van der Waals surface area contributed by atoms with Gasteiger partial charge in [-0.05, 0) is 23.3 Å². The molecule has 4 nitrogen and oxygen atoms in total. The number of ether oxygens (including phenoxy) is 3. The molecule has 0 N–H and O–H groups in total. The Morgan fingerprint density at radius 3 is 2.23 bits per heavy atom. The van der Waals surface area contributed by atoms with Crippen LogP contribution < -0.4 is 9.47 Å². The number of nitrogens with zero attached hydrogens (tertiary/aromatic N) is 1. The molecule has 0 aromatic heterocycles. The first-order valence-electron chi connectivity index (χ1n) is 10.1. The predicted octanol–water partition coefficient (Wildman–Crippen LogP) is 5.14. The second-order valence-corrected chi connectivity index (χ2v) is 7.23. The van der Waals surface area contributed by atoms with Gasteiger partial charge in [-0.25, -0.2) is 0 Å². The van der Waals surface area contributed by atoms with Crippen molar-refractivity contribution in [2.75, 3.05) is 26.8 Å². The molecule has 3 aromatic carbocycles. The molecule has 1 aliphatic heterocycles. The van der Waals surface area contributed by atoms with Crippen LogP contribution in [0.5, 0.6) is 11.5 Å². The number of hydrogen-bond acceptors (Lipinski definition) is 4. The zero-order chi connectivity index (χ0) is 19.9. The van der Waals surface area contributed by atoms with Crippen molar-refractivity contribution in [1.82, 2.24) is 4.90 Å². The lowest BCUT2D eigenvalue weighted by atomic mass is 10.0. The van der Waals surface area contributed by atoms with Crippen LogP contribution in [0.25, 0.3) is 0 Å². The van der Waals surface area contributed by atoms with E-state index in [4.69, 9.17) is 14.2 Å². The van der Waals surface area contributed by atoms with Crippen LogP contribution in [0, 0.1) is 0 Å². The van der Waals surface area contributed by atoms with Gasteiger partial charge in [-0.2, -0.15) is 0 Å². The van der Waals surface area contributed by atoms with Gasteiger partial charge in [-0.15, -0.1) is 12.4 Å². The molecule has 1 saturated heterocycles. The summed E-state index contributed by atoms with van der Waals surface area (Å²) < 4.78 is 18.2. The first-order chi connectivity index (χ1) is 14.3. The standard InChI is InChI=1S/C25H27NO3.ClH/c1-27-22-14-8-9-15-23(22)29-25(21-12-6-3-7-13-21)24-19-26(16-17-28-24)18-20-10-4-2-5-11-20;/h2-15,24-25H,16-19H2,1H3;1H. The molecule has 158 valence electrons. The fourth-order valence-corrected chi connectivity index (χ4v) is 3.75. The molecule has 2 unspecified atom stereocenters. The Labute approximate surface area is 184 Å². The summed E-state index contributed by atoms with van der Waals surface area (Å²) in [6.07, 6.45) is -0.286. The minimum absolute atomic E-state index is 0. The normalized spacial score (nSPS) is 17.6. The zero-order valence-electron chi connectivity index (χ0n) is 17.1. The highest BCUT2D eigenvalue weighted by Gasteiger charge is 2.31. The molecule has 0 aliphatic carbocycles. The van der Waals surface area contributed by atoms with Gasteiger partial charge in [0.05, 0.1) is 13.7 Å². The van der Waals surface area contributed by atoms with E-state index in [1.165, 1.54) is 5.56 Å². The molecule has 0 bridgehead atoms. The first-order valence-corrected chi connectivity index (χ1v) is 10.1. The lowest BCUT2D eigenvalue weighted by molar-refractivity contribution is -0.0842. The molecule has 5 heteroatoms. The van der Waals surface area contributed by atoms with E-state index in [1.54, 1.807) is 7.11 Å². The van der Waals surface area contributed by atoms with Gasteiger partial charge in [-0.3, -0.25) is 4.90 Å². The molecule has 3 aromatic rings. The molecular weight excluding hydrogens is 398 g/mol. The number of halogens is 1. The van der Waals surface area contributed by atoms with Gasteiger partial charge in [0.2, 0.25) is 0 Å². The molecule has 1 fully saturated rings. The van der Waals surface area contributed by atoms with Crippen LogP contribution in [-0.4, -0.2) is 37.8 Å². The smallest absolute Gasteiger partial charge is 0.162 e. The molecule has 4 rings (SSSR count). The molecule has 0 saturated carbocycles. The van der Waals surface area contributed by atoms with Crippen LogP contribution in [0.1, 0.15) is 17.2 Å². The largest absolute Gasteiger partial charge is 0.493 e. The van der Waals surface area contributed by atoms with E-state index in [9.17, 15) is 0 Å². The fourth-order valence-electron chi connectivity index (χ4n) is 3.75. The summed E-state index contributed by atoms with van der Waals surface area (Å²) in [5.74, 6) is 1.46. The Morgan fingerprint density at radius 2 is 1.53 bits per heavy atom. The van der Waals surface area contributed by atoms with E-state index in [0.29, 0.717) is 6.61 Å². The number of rotatable bonds is 7. The summed E-state index contributed by atoms with van der Waals surface area (Å²) in [6, 6.07) is 28.6. The van der Waals surface area contributed by atoms with Crippen LogP contribution in [0.3, 0.4) is 0 Å². The van der Waals surface area contributed by atoms with Crippen LogP contribution in [0.2, 0.25) is 0 Å². The van der Waals surface area contributed by atoms with Crippen molar-refractivity contribution in [3.63, 3.8) is 0 Å². The van der Waals surface area contributed by atoms with Crippen molar-refractivity contribution in [2.24, 2.45) is 0 Å². The summed E-state index contributed by atoms with van der Waals surface area (Å²) >= 11 is 0. The molecule has 0 spiro atoms. The maximum Gasteiger partial charge on any atom is 0.162 e. The number of methoxy groups -OCH3 is 1. The lowest BCUT2D eigenvalue weighted by Gasteiger charge is -2.37. The number of hydrogen-bond donors (Lipinski definition) is 0. The third-order valence-corrected chi connectivity index (χ3v) is 5.22. The van der Waals surface area contributed by atoms with Crippen molar-refractivity contribution < 1.29 is 14.2 Å². The third-order valence-electron chi connectivity index (χ3n) is 5.22. The van der Waals surface area contributed by atoms with Gasteiger partial charge in [-0.1, -0.05) is 72.8 Å². The van der Waals surface area contributed by atoms with Gasteiger partial charge < -0.3 is 14.2 Å². The Balaban J connectivity index is 0.00000256. The van der Waals surface area contributed by atoms with E-state index >= 15 is 0 Å². The van der Waals surface area contributed by atoms with Crippen molar-refractivity contribution in [2.45, 2.75) is 18.8 Å². The number of benzene rings is 3. The minimum atomic E-state index is -0.217. The van der Waals surface area contributed by atoms with E-state index in [0.717, 1.165) is 36.7 Å². The van der Waals surface area contributed by atoms with E-state index in [2.05, 4.69) is 47.4 Å². The van der Waals surface area contributed by atoms with Gasteiger partial charge in [0.25, 0.3) is 0 Å². The average Bonchev–Trinajstić information content (AvgIpc) is 2.79. The topological polar surface area (TPSA) is 30.9 Å². The SMILES string of the molecule is COc1ccccc1OC(c1ccccc1)C1CN(Cc2ccccc2)CCO1.Cl. The van der Waals surface area contributed by atoms with Crippen LogP contribution >= 0.6 is 12.4 Å². The first kappa shape index (κ1) is 22.2. The van der Waals surface area contributed by atoms with Gasteiger partial charge >= 0.3 is 0 Å². The fraction of sp³-hybridized carbons (Fsp3) is 0.280. The third kappa shape index (κ3) is 5.54. The van der Waals surface area contributed by atoms with E-state index < -0.39 is 0 Å². The maximum atomic E-state index is 6.48. The number of para-hydroxylation sites is 2. The molecule has 1 aliphatic rings. The lowest BCUT2D eigenvalue weighted by Crippen LogP contribution is -2.45. The number of morpholine rings is 1. The Bertz CT molecular complexity index is 891. The van der Waals surface area contributed by atoms with Crippen molar-refractivity contribution in [3.05, 3.63) is 96.1 Å². The highest BCUT2D eigenvalue weighted by atomic mass is 35.5. The quantitative estimate of drug-likeness (QED) is 0.524. The van der Waals surface area contributed by atoms with Gasteiger partial charge in [0, 0.05) is 19.6 Å². The van der Waals surface area contributed by atoms with E-state index in [1.807, 2.05) is 42.5 Å². The van der Waals surface area contributed by atoms with Gasteiger partial charge in [0.15, 0.2) is 17.6 Å². The Morgan fingerprint density at radius 1 is 0.900 bits per heavy atom. The zero-order valence-corrected chi connectivity index (χ0v) is 18.0. The highest BCUT2D eigenvalue weighted by molar-refractivity contribution is 5.85. The van der Waals surface area contributed by atoms with Gasteiger partial charge in [0.1, 0.15) is 6.10 Å². The maximum absolute atomic E-state index is 6.48. The van der Waals surface area contributed by atoms with Crippen LogP contribution in [-0.2, 0) is 11.3 Å². The second kappa shape index (κ2) is 11.0. The summed E-state index contributed by atoms with van der Waals surface area (Å²) in [4.78, 5) is 2.44. The monoisotopic (exact) mass is 425 g/mol. The van der Waals surface area contributed by atoms with Crippen molar-refractivity contribution in [3.8, 4) is 11.5 Å². The van der Waals surface area contributed by atoms with Crippen molar-refractivity contribution in [1.29, 1.82) is 0 Å².